The van der Waals surface area contributed by atoms with Gasteiger partial charge in [-0.15, -0.1) is 0 Å². The smallest absolute Gasteiger partial charge is 0.0490 e. The zero-order valence-electron chi connectivity index (χ0n) is 8.92. The van der Waals surface area contributed by atoms with Crippen molar-refractivity contribution in [3.05, 3.63) is 58.5 Å². The molecule has 1 nitrogen and oxygen atoms in total. The average molecular weight is 229 g/mol. The molecule has 16 heavy (non-hydrogen) atoms. The van der Waals surface area contributed by atoms with Crippen molar-refractivity contribution in [3.8, 4) is 11.1 Å². The highest BCUT2D eigenvalue weighted by molar-refractivity contribution is 6.34. The van der Waals surface area contributed by atoms with Crippen LogP contribution in [0.15, 0.2) is 30.3 Å². The summed E-state index contributed by atoms with van der Waals surface area (Å²) < 4.78 is 0. The third-order valence-corrected chi connectivity index (χ3v) is 3.22. The third-order valence-electron chi connectivity index (χ3n) is 2.92. The van der Waals surface area contributed by atoms with Gasteiger partial charge in [-0.25, -0.2) is 0 Å². The number of hydrogen-bond acceptors (Lipinski definition) is 1. The molecule has 0 saturated carbocycles. The number of rotatable bonds is 0. The van der Waals surface area contributed by atoms with E-state index in [0.29, 0.717) is 0 Å². The number of aryl methyl sites for hydroxylation is 1. The number of nitrogen functional groups attached to an aromatic ring is 1. The number of fused-ring (bicyclic) bond motifs is 3. The normalized spacial score (nSPS) is 12.4. The minimum absolute atomic E-state index is 0.788. The monoisotopic (exact) mass is 228 g/mol. The molecule has 1 aliphatic carbocycles. The van der Waals surface area contributed by atoms with E-state index in [1.54, 1.807) is 0 Å². The number of benzene rings is 2. The van der Waals surface area contributed by atoms with Gasteiger partial charge in [0.1, 0.15) is 0 Å². The Labute approximate surface area is 99.9 Å². The van der Waals surface area contributed by atoms with Gasteiger partial charge in [-0.05, 0) is 47.4 Å². The van der Waals surface area contributed by atoms with Crippen LogP contribution in [-0.2, 0) is 0 Å². The molecule has 0 bridgehead atoms. The number of halogens is 1. The fraction of sp³-hybridized carbons (Fsp3) is 0.0714. The highest BCUT2D eigenvalue weighted by atomic mass is 35.5. The van der Waals surface area contributed by atoms with E-state index >= 15 is 0 Å². The zero-order chi connectivity index (χ0) is 11.3. The molecule has 1 radical (unpaired) electrons. The Morgan fingerprint density at radius 2 is 1.88 bits per heavy atom. The van der Waals surface area contributed by atoms with E-state index in [4.69, 9.17) is 17.3 Å². The van der Waals surface area contributed by atoms with Crippen LogP contribution in [0.1, 0.15) is 16.7 Å². The molecule has 1 aliphatic rings. The lowest BCUT2D eigenvalue weighted by Crippen LogP contribution is -1.86. The Hall–Kier alpha value is -1.47. The van der Waals surface area contributed by atoms with E-state index in [9.17, 15) is 0 Å². The molecule has 0 fully saturated rings. The Morgan fingerprint density at radius 3 is 2.69 bits per heavy atom. The standard InChI is InChI=1S/C14H11ClN/c1-8-4-10-6-9-7-11(16)2-3-12(9)14(10)13(15)5-8/h2-7H,16H2,1H3. The van der Waals surface area contributed by atoms with Crippen LogP contribution in [0.5, 0.6) is 0 Å². The van der Waals surface area contributed by atoms with Gasteiger partial charge in [0.15, 0.2) is 0 Å². The lowest BCUT2D eigenvalue weighted by molar-refractivity contribution is 1.43. The first kappa shape index (κ1) is 9.73. The lowest BCUT2D eigenvalue weighted by atomic mass is 10.0. The summed E-state index contributed by atoms with van der Waals surface area (Å²) >= 11 is 6.29. The maximum Gasteiger partial charge on any atom is 0.0490 e. The van der Waals surface area contributed by atoms with Crippen molar-refractivity contribution in [1.29, 1.82) is 0 Å². The Balaban J connectivity index is 2.29. The fourth-order valence-electron chi connectivity index (χ4n) is 2.26. The van der Waals surface area contributed by atoms with Gasteiger partial charge in [0, 0.05) is 22.7 Å². The van der Waals surface area contributed by atoms with Crippen molar-refractivity contribution < 1.29 is 0 Å². The summed E-state index contributed by atoms with van der Waals surface area (Å²) in [5.41, 5.74) is 12.4. The molecule has 0 spiro atoms. The van der Waals surface area contributed by atoms with Crippen LogP contribution in [0.25, 0.3) is 11.1 Å². The molecule has 2 aromatic carbocycles. The van der Waals surface area contributed by atoms with Crippen molar-refractivity contribution in [2.45, 2.75) is 6.92 Å². The molecule has 3 rings (SSSR count). The predicted octanol–water partition coefficient (Wildman–Crippen LogP) is 3.81. The first-order valence-corrected chi connectivity index (χ1v) is 5.58. The van der Waals surface area contributed by atoms with Gasteiger partial charge in [-0.1, -0.05) is 23.7 Å². The molecule has 0 amide bonds. The molecule has 0 atom stereocenters. The minimum Gasteiger partial charge on any atom is -0.399 e. The number of anilines is 1. The van der Waals surface area contributed by atoms with Crippen LogP contribution in [0.4, 0.5) is 5.69 Å². The highest BCUT2D eigenvalue weighted by Gasteiger charge is 2.21. The van der Waals surface area contributed by atoms with E-state index in [2.05, 4.69) is 19.4 Å². The van der Waals surface area contributed by atoms with Crippen molar-refractivity contribution in [3.63, 3.8) is 0 Å². The SMILES string of the molecule is Cc1cc(Cl)c2c(c1)[CH]c1cc(N)ccc1-2. The van der Waals surface area contributed by atoms with E-state index in [-0.39, 0.29) is 0 Å². The highest BCUT2D eigenvalue weighted by Crippen LogP contribution is 2.43. The fourth-order valence-corrected chi connectivity index (χ4v) is 2.65. The molecule has 2 N–H and O–H groups in total. The van der Waals surface area contributed by atoms with Crippen LogP contribution >= 0.6 is 11.6 Å². The summed E-state index contributed by atoms with van der Waals surface area (Å²) in [6, 6.07) is 10.1. The van der Waals surface area contributed by atoms with Gasteiger partial charge >= 0.3 is 0 Å². The second-order valence-corrected chi connectivity index (χ2v) is 4.61. The zero-order valence-corrected chi connectivity index (χ0v) is 9.68. The molecule has 0 aliphatic heterocycles. The third kappa shape index (κ3) is 1.32. The summed E-state index contributed by atoms with van der Waals surface area (Å²) in [4.78, 5) is 0. The molecule has 2 aromatic rings. The van der Waals surface area contributed by atoms with Gasteiger partial charge in [0.25, 0.3) is 0 Å². The van der Waals surface area contributed by atoms with E-state index in [1.807, 2.05) is 24.3 Å². The molecular weight excluding hydrogens is 218 g/mol. The molecular formula is C14H11ClN. The predicted molar refractivity (Wildman–Crippen MR) is 68.5 cm³/mol. The largest absolute Gasteiger partial charge is 0.399 e. The molecule has 0 heterocycles. The maximum absolute atomic E-state index is 6.29. The van der Waals surface area contributed by atoms with Crippen LogP contribution in [0.3, 0.4) is 0 Å². The van der Waals surface area contributed by atoms with Gasteiger partial charge < -0.3 is 5.73 Å². The summed E-state index contributed by atoms with van der Waals surface area (Å²) in [5, 5.41) is 0.815. The first-order chi connectivity index (χ1) is 7.65. The topological polar surface area (TPSA) is 26.0 Å². The van der Waals surface area contributed by atoms with Crippen molar-refractivity contribution in [2.75, 3.05) is 5.73 Å². The lowest BCUT2D eigenvalue weighted by Gasteiger charge is -2.05. The minimum atomic E-state index is 0.788. The van der Waals surface area contributed by atoms with Crippen LogP contribution in [0.2, 0.25) is 5.02 Å². The Bertz CT molecular complexity index is 588. The van der Waals surface area contributed by atoms with Crippen LogP contribution in [0, 0.1) is 13.3 Å². The van der Waals surface area contributed by atoms with E-state index in [1.165, 1.54) is 16.7 Å². The van der Waals surface area contributed by atoms with Crippen molar-refractivity contribution >= 4 is 17.3 Å². The van der Waals surface area contributed by atoms with E-state index < -0.39 is 0 Å². The summed E-state index contributed by atoms with van der Waals surface area (Å²) in [6.45, 7) is 2.05. The van der Waals surface area contributed by atoms with Crippen LogP contribution < -0.4 is 5.73 Å². The summed E-state index contributed by atoms with van der Waals surface area (Å²) in [7, 11) is 0. The van der Waals surface area contributed by atoms with Crippen molar-refractivity contribution in [1.82, 2.24) is 0 Å². The van der Waals surface area contributed by atoms with Gasteiger partial charge in [-0.3, -0.25) is 0 Å². The number of hydrogen-bond donors (Lipinski definition) is 1. The maximum atomic E-state index is 6.29. The molecule has 0 unspecified atom stereocenters. The molecule has 2 heteroatoms. The molecule has 0 aromatic heterocycles. The van der Waals surface area contributed by atoms with Gasteiger partial charge in [0.2, 0.25) is 0 Å². The van der Waals surface area contributed by atoms with Crippen LogP contribution in [-0.4, -0.2) is 0 Å². The Kier molecular flexibility index (Phi) is 1.98. The summed E-state index contributed by atoms with van der Waals surface area (Å²) in [5.74, 6) is 0. The first-order valence-electron chi connectivity index (χ1n) is 5.20. The Morgan fingerprint density at radius 1 is 1.06 bits per heavy atom. The molecule has 79 valence electrons. The quantitative estimate of drug-likeness (QED) is 0.582. The summed E-state index contributed by atoms with van der Waals surface area (Å²) in [6.07, 6.45) is 2.14. The second kappa shape index (κ2) is 3.26. The van der Waals surface area contributed by atoms with Gasteiger partial charge in [-0.2, -0.15) is 0 Å². The number of nitrogens with two attached hydrogens (primary N) is 1. The molecule has 0 saturated heterocycles. The second-order valence-electron chi connectivity index (χ2n) is 4.20. The average Bonchev–Trinajstić information content (AvgIpc) is 2.54. The van der Waals surface area contributed by atoms with E-state index in [0.717, 1.165) is 21.8 Å². The van der Waals surface area contributed by atoms with Crippen molar-refractivity contribution in [2.24, 2.45) is 0 Å². The van der Waals surface area contributed by atoms with Gasteiger partial charge in [0.05, 0.1) is 0 Å².